The standard InChI is InChI=1S/C18H22N2O4S/c1-4-24-17-10-6-9-16(12-17)20(25(3,22)23)13-18(21)19-15-8-5-7-14(2)11-15/h5-12H,4,13H2,1-3H3,(H,19,21). The Balaban J connectivity index is 2.21. The van der Waals surface area contributed by atoms with Crippen molar-refractivity contribution >= 4 is 27.3 Å². The van der Waals surface area contributed by atoms with Gasteiger partial charge in [0.2, 0.25) is 15.9 Å². The minimum Gasteiger partial charge on any atom is -0.494 e. The summed E-state index contributed by atoms with van der Waals surface area (Å²) in [5, 5.41) is 2.72. The molecule has 0 aliphatic rings. The van der Waals surface area contributed by atoms with Gasteiger partial charge in [-0.3, -0.25) is 9.10 Å². The lowest BCUT2D eigenvalue weighted by molar-refractivity contribution is -0.114. The Labute approximate surface area is 148 Å². The predicted octanol–water partition coefficient (Wildman–Crippen LogP) is 2.80. The quantitative estimate of drug-likeness (QED) is 0.822. The Hall–Kier alpha value is -2.54. The third kappa shape index (κ3) is 5.49. The molecular weight excluding hydrogens is 340 g/mol. The minimum atomic E-state index is -3.63. The molecule has 0 spiro atoms. The van der Waals surface area contributed by atoms with Crippen LogP contribution in [0.1, 0.15) is 12.5 Å². The van der Waals surface area contributed by atoms with Gasteiger partial charge in [0.1, 0.15) is 12.3 Å². The zero-order valence-electron chi connectivity index (χ0n) is 14.5. The van der Waals surface area contributed by atoms with Crippen LogP contribution in [0.15, 0.2) is 48.5 Å². The van der Waals surface area contributed by atoms with Gasteiger partial charge in [-0.15, -0.1) is 0 Å². The summed E-state index contributed by atoms with van der Waals surface area (Å²) in [7, 11) is -3.63. The Morgan fingerprint density at radius 2 is 1.88 bits per heavy atom. The summed E-state index contributed by atoms with van der Waals surface area (Å²) >= 11 is 0. The van der Waals surface area contributed by atoms with Crippen molar-refractivity contribution in [2.24, 2.45) is 0 Å². The number of carbonyl (C=O) groups excluding carboxylic acids is 1. The molecule has 7 heteroatoms. The van der Waals surface area contributed by atoms with Crippen molar-refractivity contribution in [1.29, 1.82) is 0 Å². The molecule has 0 unspecified atom stereocenters. The van der Waals surface area contributed by atoms with E-state index >= 15 is 0 Å². The first kappa shape index (κ1) is 18.8. The topological polar surface area (TPSA) is 75.7 Å². The number of anilines is 2. The van der Waals surface area contributed by atoms with Crippen LogP contribution in [-0.2, 0) is 14.8 Å². The van der Waals surface area contributed by atoms with E-state index in [4.69, 9.17) is 4.74 Å². The average molecular weight is 362 g/mol. The van der Waals surface area contributed by atoms with E-state index in [0.29, 0.717) is 23.7 Å². The monoisotopic (exact) mass is 362 g/mol. The number of nitrogens with one attached hydrogen (secondary N) is 1. The number of benzene rings is 2. The summed E-state index contributed by atoms with van der Waals surface area (Å²) < 4.78 is 30.8. The van der Waals surface area contributed by atoms with Gasteiger partial charge in [-0.1, -0.05) is 18.2 Å². The summed E-state index contributed by atoms with van der Waals surface area (Å²) in [5.41, 5.74) is 2.01. The normalized spacial score (nSPS) is 11.0. The van der Waals surface area contributed by atoms with Crippen LogP contribution >= 0.6 is 0 Å². The Morgan fingerprint density at radius 3 is 2.52 bits per heavy atom. The molecule has 134 valence electrons. The lowest BCUT2D eigenvalue weighted by Gasteiger charge is -2.22. The molecule has 0 saturated heterocycles. The maximum absolute atomic E-state index is 12.3. The largest absolute Gasteiger partial charge is 0.494 e. The molecule has 0 aliphatic carbocycles. The predicted molar refractivity (Wildman–Crippen MR) is 99.6 cm³/mol. The molecule has 0 aliphatic heterocycles. The number of hydrogen-bond acceptors (Lipinski definition) is 4. The second-order valence-electron chi connectivity index (χ2n) is 5.62. The van der Waals surface area contributed by atoms with Crippen LogP contribution in [0.3, 0.4) is 0 Å². The summed E-state index contributed by atoms with van der Waals surface area (Å²) in [4.78, 5) is 12.3. The van der Waals surface area contributed by atoms with Gasteiger partial charge in [0.05, 0.1) is 18.6 Å². The second kappa shape index (κ2) is 8.02. The van der Waals surface area contributed by atoms with Crippen LogP contribution in [0.25, 0.3) is 0 Å². The van der Waals surface area contributed by atoms with Gasteiger partial charge in [0.15, 0.2) is 0 Å². The van der Waals surface area contributed by atoms with Crippen molar-refractivity contribution in [3.8, 4) is 5.75 Å². The van der Waals surface area contributed by atoms with Gasteiger partial charge in [0.25, 0.3) is 0 Å². The van der Waals surface area contributed by atoms with Gasteiger partial charge in [-0.2, -0.15) is 0 Å². The van der Waals surface area contributed by atoms with Gasteiger partial charge in [-0.25, -0.2) is 8.42 Å². The first-order valence-electron chi connectivity index (χ1n) is 7.86. The molecule has 0 saturated carbocycles. The van der Waals surface area contributed by atoms with E-state index in [2.05, 4.69) is 5.32 Å². The van der Waals surface area contributed by atoms with Crippen LogP contribution < -0.4 is 14.4 Å². The highest BCUT2D eigenvalue weighted by Gasteiger charge is 2.21. The SMILES string of the molecule is CCOc1cccc(N(CC(=O)Nc2cccc(C)c2)S(C)(=O)=O)c1. The third-order valence-electron chi connectivity index (χ3n) is 3.41. The van der Waals surface area contributed by atoms with Crippen molar-refractivity contribution in [3.63, 3.8) is 0 Å². The fraction of sp³-hybridized carbons (Fsp3) is 0.278. The fourth-order valence-corrected chi connectivity index (χ4v) is 3.20. The Morgan fingerprint density at radius 1 is 1.16 bits per heavy atom. The number of rotatable bonds is 7. The van der Waals surface area contributed by atoms with Gasteiger partial charge < -0.3 is 10.1 Å². The lowest BCUT2D eigenvalue weighted by Crippen LogP contribution is -2.37. The maximum atomic E-state index is 12.3. The molecule has 1 N–H and O–H groups in total. The molecular formula is C18H22N2O4S. The first-order chi connectivity index (χ1) is 11.8. The second-order valence-corrected chi connectivity index (χ2v) is 7.52. The van der Waals surface area contributed by atoms with E-state index in [-0.39, 0.29) is 6.54 Å². The van der Waals surface area contributed by atoms with Crippen molar-refractivity contribution in [2.75, 3.05) is 29.0 Å². The number of nitrogens with zero attached hydrogens (tertiary/aromatic N) is 1. The number of carbonyl (C=O) groups is 1. The summed E-state index contributed by atoms with van der Waals surface area (Å²) in [5.74, 6) is 0.130. The highest BCUT2D eigenvalue weighted by atomic mass is 32.2. The van der Waals surface area contributed by atoms with Crippen molar-refractivity contribution < 1.29 is 17.9 Å². The molecule has 2 rings (SSSR count). The zero-order chi connectivity index (χ0) is 18.4. The number of ether oxygens (including phenoxy) is 1. The number of amides is 1. The van der Waals surface area contributed by atoms with Crippen LogP contribution in [0.5, 0.6) is 5.75 Å². The first-order valence-corrected chi connectivity index (χ1v) is 9.71. The van der Waals surface area contributed by atoms with Gasteiger partial charge >= 0.3 is 0 Å². The molecule has 0 fully saturated rings. The smallest absolute Gasteiger partial charge is 0.245 e. The van der Waals surface area contributed by atoms with E-state index in [0.717, 1.165) is 16.1 Å². The van der Waals surface area contributed by atoms with E-state index in [1.807, 2.05) is 32.0 Å². The Bertz CT molecular complexity index is 850. The average Bonchev–Trinajstić information content (AvgIpc) is 2.52. The van der Waals surface area contributed by atoms with Crippen LogP contribution in [-0.4, -0.2) is 33.7 Å². The highest BCUT2D eigenvalue weighted by Crippen LogP contribution is 2.23. The zero-order valence-corrected chi connectivity index (χ0v) is 15.3. The van der Waals surface area contributed by atoms with Crippen LogP contribution in [0.4, 0.5) is 11.4 Å². The molecule has 0 bridgehead atoms. The molecule has 2 aromatic carbocycles. The molecule has 0 atom stereocenters. The molecule has 0 aromatic heterocycles. The molecule has 0 heterocycles. The van der Waals surface area contributed by atoms with Crippen LogP contribution in [0, 0.1) is 6.92 Å². The van der Waals surface area contributed by atoms with Gasteiger partial charge in [0, 0.05) is 11.8 Å². The Kier molecular flexibility index (Phi) is 6.03. The lowest BCUT2D eigenvalue weighted by atomic mass is 10.2. The molecule has 2 aromatic rings. The number of aryl methyl sites for hydroxylation is 1. The summed E-state index contributed by atoms with van der Waals surface area (Å²) in [6.07, 6.45) is 1.07. The fourth-order valence-electron chi connectivity index (χ4n) is 2.35. The molecule has 0 radical (unpaired) electrons. The van der Waals surface area contributed by atoms with E-state index in [1.165, 1.54) is 0 Å². The third-order valence-corrected chi connectivity index (χ3v) is 4.55. The van der Waals surface area contributed by atoms with Crippen LogP contribution in [0.2, 0.25) is 0 Å². The van der Waals surface area contributed by atoms with E-state index in [9.17, 15) is 13.2 Å². The van der Waals surface area contributed by atoms with Gasteiger partial charge in [-0.05, 0) is 43.7 Å². The minimum absolute atomic E-state index is 0.317. The molecule has 1 amide bonds. The number of sulfonamides is 1. The summed E-state index contributed by atoms with van der Waals surface area (Å²) in [6.45, 7) is 3.91. The molecule has 6 nitrogen and oxygen atoms in total. The van der Waals surface area contributed by atoms with Crippen molar-refractivity contribution in [2.45, 2.75) is 13.8 Å². The van der Waals surface area contributed by atoms with Crippen molar-refractivity contribution in [1.82, 2.24) is 0 Å². The van der Waals surface area contributed by atoms with E-state index < -0.39 is 15.9 Å². The van der Waals surface area contributed by atoms with E-state index in [1.54, 1.807) is 30.3 Å². The highest BCUT2D eigenvalue weighted by molar-refractivity contribution is 7.92. The van der Waals surface area contributed by atoms with Crippen molar-refractivity contribution in [3.05, 3.63) is 54.1 Å². The maximum Gasteiger partial charge on any atom is 0.245 e. The molecule has 25 heavy (non-hydrogen) atoms. The number of hydrogen-bond donors (Lipinski definition) is 1. The summed E-state index contributed by atoms with van der Waals surface area (Å²) in [6, 6.07) is 14.0.